The van der Waals surface area contributed by atoms with Gasteiger partial charge in [0.15, 0.2) is 0 Å². The molecule has 0 fully saturated rings. The molecule has 0 N–H and O–H groups in total. The van der Waals surface area contributed by atoms with Crippen molar-refractivity contribution in [3.63, 3.8) is 0 Å². The fourth-order valence-electron chi connectivity index (χ4n) is 0. The first-order chi connectivity index (χ1) is 1.73. The van der Waals surface area contributed by atoms with Gasteiger partial charge in [-0.05, 0) is 0 Å². The Morgan fingerprint density at radius 3 is 1.40 bits per heavy atom. The normalized spacial score (nSPS) is 7.00. The molecular formula is O3SSn. The first kappa shape index (κ1) is 9.29. The Kier molecular flexibility index (Phi) is 9.05. The minimum atomic E-state index is -3.11. The van der Waals surface area contributed by atoms with Gasteiger partial charge in [-0.25, -0.2) is 0 Å². The molecule has 0 aromatic carbocycles. The monoisotopic (exact) mass is 200 g/mol. The third kappa shape index (κ3) is 53.1. The van der Waals surface area contributed by atoms with Crippen molar-refractivity contribution in [3.8, 4) is 0 Å². The predicted octanol–water partition coefficient (Wildman–Crippen LogP) is -1.38. The van der Waals surface area contributed by atoms with E-state index < -0.39 is 11.4 Å². The average Bonchev–Trinajstić information content (AvgIpc) is 0.811. The van der Waals surface area contributed by atoms with Crippen molar-refractivity contribution in [2.75, 3.05) is 0 Å². The van der Waals surface area contributed by atoms with E-state index in [-0.39, 0.29) is 23.9 Å². The van der Waals surface area contributed by atoms with E-state index in [1.807, 2.05) is 0 Å². The smallest absolute Gasteiger partial charge is 0.784 e. The van der Waals surface area contributed by atoms with E-state index in [0.29, 0.717) is 0 Å². The van der Waals surface area contributed by atoms with E-state index in [1.54, 1.807) is 0 Å². The molecule has 5 heavy (non-hydrogen) atoms. The molecule has 0 aliphatic rings. The second-order valence-corrected chi connectivity index (χ2v) is 0.612. The van der Waals surface area contributed by atoms with E-state index in [9.17, 15) is 0 Å². The summed E-state index contributed by atoms with van der Waals surface area (Å²) in [4.78, 5) is 0. The van der Waals surface area contributed by atoms with Gasteiger partial charge >= 0.3 is 23.9 Å². The standard InChI is InChI=1S/H2O3S.Sn/c1-4(2)3;/h(H2,1,2,3);/q;+2/p-2. The summed E-state index contributed by atoms with van der Waals surface area (Å²) < 4.78 is 25.3. The molecule has 0 spiro atoms. The number of rotatable bonds is 0. The second-order valence-electron chi connectivity index (χ2n) is 0.204. The Hall–Kier alpha value is 0.869. The van der Waals surface area contributed by atoms with Crippen LogP contribution in [0.3, 0.4) is 0 Å². The third-order valence-corrected chi connectivity index (χ3v) is 0. The van der Waals surface area contributed by atoms with E-state index in [4.69, 9.17) is 13.3 Å². The summed E-state index contributed by atoms with van der Waals surface area (Å²) in [6, 6.07) is 0. The van der Waals surface area contributed by atoms with Crippen LogP contribution in [-0.4, -0.2) is 37.2 Å². The zero-order valence-corrected chi connectivity index (χ0v) is 5.80. The van der Waals surface area contributed by atoms with Crippen LogP contribution in [0.5, 0.6) is 0 Å². The van der Waals surface area contributed by atoms with Gasteiger partial charge in [0, 0.05) is 0 Å². The molecule has 5 heteroatoms. The van der Waals surface area contributed by atoms with Crippen LogP contribution in [0.1, 0.15) is 0 Å². The molecule has 3 nitrogen and oxygen atoms in total. The molecule has 0 bridgehead atoms. The maximum Gasteiger partial charge on any atom is 2.00 e. The maximum absolute atomic E-state index is 8.44. The molecule has 0 atom stereocenters. The summed E-state index contributed by atoms with van der Waals surface area (Å²) in [5, 5.41) is 0. The van der Waals surface area contributed by atoms with Crippen molar-refractivity contribution in [2.24, 2.45) is 0 Å². The molecule has 2 radical (unpaired) electrons. The fourth-order valence-corrected chi connectivity index (χ4v) is 0. The van der Waals surface area contributed by atoms with Gasteiger partial charge in [-0.15, -0.1) is 11.4 Å². The Morgan fingerprint density at radius 1 is 1.40 bits per heavy atom. The van der Waals surface area contributed by atoms with Crippen LogP contribution < -0.4 is 0 Å². The first-order valence-electron chi connectivity index (χ1n) is 0.500. The summed E-state index contributed by atoms with van der Waals surface area (Å²) >= 11 is -3.11. The summed E-state index contributed by atoms with van der Waals surface area (Å²) in [5.41, 5.74) is 0. The molecule has 0 aromatic rings. The van der Waals surface area contributed by atoms with Crippen LogP contribution in [0.15, 0.2) is 0 Å². The Bertz CT molecular complexity index is 29.9. The molecule has 0 heterocycles. The van der Waals surface area contributed by atoms with E-state index in [2.05, 4.69) is 0 Å². The second kappa shape index (κ2) is 4.87. The van der Waals surface area contributed by atoms with Gasteiger partial charge in [0.05, 0.1) is 0 Å². The molecule has 0 rings (SSSR count). The van der Waals surface area contributed by atoms with Crippen LogP contribution in [-0.2, 0) is 11.4 Å². The predicted molar refractivity (Wildman–Crippen MR) is 15.5 cm³/mol. The molecule has 0 aliphatic heterocycles. The summed E-state index contributed by atoms with van der Waals surface area (Å²) in [7, 11) is 0. The van der Waals surface area contributed by atoms with Crippen LogP contribution in [0, 0.1) is 0 Å². The van der Waals surface area contributed by atoms with Crippen molar-refractivity contribution >= 4 is 35.3 Å². The van der Waals surface area contributed by atoms with Gasteiger partial charge in [0.2, 0.25) is 0 Å². The largest absolute Gasteiger partial charge is 2.00 e. The van der Waals surface area contributed by atoms with Crippen LogP contribution >= 0.6 is 0 Å². The quantitative estimate of drug-likeness (QED) is 0.356. The Labute approximate surface area is 48.8 Å². The van der Waals surface area contributed by atoms with Gasteiger partial charge in [-0.2, -0.15) is 0 Å². The van der Waals surface area contributed by atoms with Crippen molar-refractivity contribution in [2.45, 2.75) is 0 Å². The molecule has 0 saturated carbocycles. The molecule has 0 saturated heterocycles. The number of hydrogen-bond acceptors (Lipinski definition) is 3. The van der Waals surface area contributed by atoms with Crippen molar-refractivity contribution in [1.82, 2.24) is 0 Å². The summed E-state index contributed by atoms with van der Waals surface area (Å²) in [6.45, 7) is 0. The summed E-state index contributed by atoms with van der Waals surface area (Å²) in [6.07, 6.45) is 0. The third-order valence-electron chi connectivity index (χ3n) is 0. The van der Waals surface area contributed by atoms with Gasteiger partial charge in [0.25, 0.3) is 0 Å². The fraction of sp³-hybridized carbons (Fsp3) is 0. The van der Waals surface area contributed by atoms with Crippen LogP contribution in [0.2, 0.25) is 0 Å². The van der Waals surface area contributed by atoms with Gasteiger partial charge in [0.1, 0.15) is 0 Å². The van der Waals surface area contributed by atoms with Crippen molar-refractivity contribution < 1.29 is 13.3 Å². The Balaban J connectivity index is 0. The first-order valence-corrected chi connectivity index (χ1v) is 1.50. The minimum Gasteiger partial charge on any atom is -0.784 e. The molecule has 0 aromatic heterocycles. The van der Waals surface area contributed by atoms with Gasteiger partial charge in [-0.3, -0.25) is 4.21 Å². The van der Waals surface area contributed by atoms with E-state index >= 15 is 0 Å². The van der Waals surface area contributed by atoms with Gasteiger partial charge in [-0.1, -0.05) is 0 Å². The SMILES string of the molecule is O=S([O-])[O-].[Sn+2]. The average molecular weight is 199 g/mol. The number of hydrogen-bond donors (Lipinski definition) is 0. The van der Waals surface area contributed by atoms with Crippen molar-refractivity contribution in [3.05, 3.63) is 0 Å². The molecular weight excluding hydrogens is 199 g/mol. The molecule has 0 amide bonds. The van der Waals surface area contributed by atoms with Crippen molar-refractivity contribution in [1.29, 1.82) is 0 Å². The van der Waals surface area contributed by atoms with Crippen LogP contribution in [0.4, 0.5) is 0 Å². The zero-order valence-electron chi connectivity index (χ0n) is 2.13. The van der Waals surface area contributed by atoms with E-state index in [1.165, 1.54) is 0 Å². The Morgan fingerprint density at radius 2 is 1.40 bits per heavy atom. The summed E-state index contributed by atoms with van der Waals surface area (Å²) in [5.74, 6) is 0. The molecule has 28 valence electrons. The molecule has 0 aliphatic carbocycles. The topological polar surface area (TPSA) is 63.2 Å². The van der Waals surface area contributed by atoms with E-state index in [0.717, 1.165) is 0 Å². The van der Waals surface area contributed by atoms with Gasteiger partial charge < -0.3 is 9.11 Å². The van der Waals surface area contributed by atoms with Crippen LogP contribution in [0.25, 0.3) is 0 Å². The molecule has 0 unspecified atom stereocenters. The minimum absolute atomic E-state index is 0. The maximum atomic E-state index is 8.44. The zero-order chi connectivity index (χ0) is 3.58.